The largest absolute Gasteiger partial charge is 0.377 e. The Balaban J connectivity index is 2.33. The van der Waals surface area contributed by atoms with Crippen LogP contribution in [0.15, 0.2) is 0 Å². The molecule has 17 heavy (non-hydrogen) atoms. The van der Waals surface area contributed by atoms with E-state index in [9.17, 15) is 0 Å². The molecule has 0 amide bonds. The van der Waals surface area contributed by atoms with Gasteiger partial charge in [-0.2, -0.15) is 0 Å². The Morgan fingerprint density at radius 1 is 1.41 bits per heavy atom. The van der Waals surface area contributed by atoms with Gasteiger partial charge in [-0.1, -0.05) is 0 Å². The van der Waals surface area contributed by atoms with Crippen LogP contribution in [0.5, 0.6) is 0 Å². The van der Waals surface area contributed by atoms with Gasteiger partial charge in [0.2, 0.25) is 0 Å². The Labute approximate surface area is 105 Å². The van der Waals surface area contributed by atoms with Crippen molar-refractivity contribution in [1.82, 2.24) is 4.90 Å². The van der Waals surface area contributed by atoms with Crippen molar-refractivity contribution in [3.05, 3.63) is 0 Å². The van der Waals surface area contributed by atoms with Gasteiger partial charge in [-0.05, 0) is 40.7 Å². The van der Waals surface area contributed by atoms with Crippen molar-refractivity contribution in [1.29, 1.82) is 0 Å². The van der Waals surface area contributed by atoms with Crippen molar-refractivity contribution in [2.45, 2.75) is 58.0 Å². The summed E-state index contributed by atoms with van der Waals surface area (Å²) in [5.41, 5.74) is 5.87. The van der Waals surface area contributed by atoms with E-state index in [1.807, 2.05) is 0 Å². The first-order valence-electron chi connectivity index (χ1n) is 6.72. The molecule has 0 spiro atoms. The molecule has 0 aliphatic carbocycles. The lowest BCUT2D eigenvalue weighted by Crippen LogP contribution is -2.47. The minimum atomic E-state index is 0.291. The zero-order chi connectivity index (χ0) is 12.8. The molecule has 1 heterocycles. The van der Waals surface area contributed by atoms with E-state index < -0.39 is 0 Å². The van der Waals surface area contributed by atoms with Crippen molar-refractivity contribution in [2.75, 3.05) is 26.7 Å². The van der Waals surface area contributed by atoms with Crippen molar-refractivity contribution >= 4 is 0 Å². The number of hydrogen-bond donors (Lipinski definition) is 1. The van der Waals surface area contributed by atoms with Crippen LogP contribution < -0.4 is 5.73 Å². The van der Waals surface area contributed by atoms with Gasteiger partial charge in [0, 0.05) is 19.1 Å². The Bertz CT molecular complexity index is 212. The molecular formula is C13H28N2O2. The monoisotopic (exact) mass is 244 g/mol. The summed E-state index contributed by atoms with van der Waals surface area (Å²) in [6, 6.07) is 0.315. The molecule has 1 rings (SSSR count). The van der Waals surface area contributed by atoms with Crippen molar-refractivity contribution in [2.24, 2.45) is 5.73 Å². The van der Waals surface area contributed by atoms with Crippen molar-refractivity contribution in [3.63, 3.8) is 0 Å². The van der Waals surface area contributed by atoms with Crippen LogP contribution in [0.4, 0.5) is 0 Å². The SMILES string of the molecule is CC(C)OCCN(C)C(CN)C1CCC(C)O1. The molecule has 2 N–H and O–H groups in total. The fourth-order valence-electron chi connectivity index (χ4n) is 2.33. The average Bonchev–Trinajstić information content (AvgIpc) is 2.65. The van der Waals surface area contributed by atoms with Gasteiger partial charge in [0.05, 0.1) is 24.9 Å². The minimum Gasteiger partial charge on any atom is -0.377 e. The van der Waals surface area contributed by atoms with E-state index in [1.54, 1.807) is 0 Å². The van der Waals surface area contributed by atoms with Crippen LogP contribution in [0.1, 0.15) is 33.6 Å². The molecule has 0 saturated carbocycles. The van der Waals surface area contributed by atoms with Gasteiger partial charge in [-0.3, -0.25) is 4.90 Å². The summed E-state index contributed by atoms with van der Waals surface area (Å²) < 4.78 is 11.5. The summed E-state index contributed by atoms with van der Waals surface area (Å²) >= 11 is 0. The lowest BCUT2D eigenvalue weighted by atomic mass is 10.1. The van der Waals surface area contributed by atoms with E-state index in [4.69, 9.17) is 15.2 Å². The van der Waals surface area contributed by atoms with Gasteiger partial charge in [0.15, 0.2) is 0 Å². The molecule has 1 fully saturated rings. The average molecular weight is 244 g/mol. The Morgan fingerprint density at radius 3 is 2.59 bits per heavy atom. The molecular weight excluding hydrogens is 216 g/mol. The summed E-state index contributed by atoms with van der Waals surface area (Å²) in [4.78, 5) is 2.27. The molecule has 1 saturated heterocycles. The van der Waals surface area contributed by atoms with Gasteiger partial charge in [-0.25, -0.2) is 0 Å². The van der Waals surface area contributed by atoms with E-state index in [0.717, 1.165) is 26.0 Å². The van der Waals surface area contributed by atoms with E-state index in [2.05, 4.69) is 32.7 Å². The summed E-state index contributed by atoms with van der Waals surface area (Å²) in [6.45, 7) is 8.57. The maximum absolute atomic E-state index is 5.90. The third-order valence-corrected chi connectivity index (χ3v) is 3.40. The molecule has 0 bridgehead atoms. The van der Waals surface area contributed by atoms with E-state index in [-0.39, 0.29) is 0 Å². The molecule has 4 heteroatoms. The highest BCUT2D eigenvalue weighted by Crippen LogP contribution is 2.23. The Hall–Kier alpha value is -0.160. The minimum absolute atomic E-state index is 0.291. The molecule has 0 aromatic rings. The van der Waals surface area contributed by atoms with Gasteiger partial charge >= 0.3 is 0 Å². The fourth-order valence-corrected chi connectivity index (χ4v) is 2.33. The highest BCUT2D eigenvalue weighted by molar-refractivity contribution is 4.84. The maximum atomic E-state index is 5.90. The predicted octanol–water partition coefficient (Wildman–Crippen LogP) is 1.24. The molecule has 3 atom stereocenters. The van der Waals surface area contributed by atoms with Crippen LogP contribution in [-0.4, -0.2) is 56.0 Å². The summed E-state index contributed by atoms with van der Waals surface area (Å²) in [7, 11) is 2.10. The quantitative estimate of drug-likeness (QED) is 0.732. The number of nitrogens with two attached hydrogens (primary N) is 1. The highest BCUT2D eigenvalue weighted by atomic mass is 16.5. The van der Waals surface area contributed by atoms with Crippen molar-refractivity contribution in [3.8, 4) is 0 Å². The highest BCUT2D eigenvalue weighted by Gasteiger charge is 2.30. The van der Waals surface area contributed by atoms with Crippen LogP contribution >= 0.6 is 0 Å². The topological polar surface area (TPSA) is 47.7 Å². The molecule has 1 aliphatic heterocycles. The molecule has 0 aromatic carbocycles. The lowest BCUT2D eigenvalue weighted by molar-refractivity contribution is -0.00910. The molecule has 0 aromatic heterocycles. The number of likely N-dealkylation sites (N-methyl/N-ethyl adjacent to an activating group) is 1. The fraction of sp³-hybridized carbons (Fsp3) is 1.00. The first-order chi connectivity index (χ1) is 8.04. The normalized spacial score (nSPS) is 27.0. The second-order valence-electron chi connectivity index (χ2n) is 5.27. The zero-order valence-electron chi connectivity index (χ0n) is 11.7. The molecule has 1 aliphatic rings. The maximum Gasteiger partial charge on any atom is 0.0747 e. The predicted molar refractivity (Wildman–Crippen MR) is 70.1 cm³/mol. The van der Waals surface area contributed by atoms with Crippen LogP contribution in [0.3, 0.4) is 0 Å². The van der Waals surface area contributed by atoms with Crippen LogP contribution in [0.25, 0.3) is 0 Å². The Kier molecular flexibility index (Phi) is 6.41. The van der Waals surface area contributed by atoms with Crippen LogP contribution in [0.2, 0.25) is 0 Å². The van der Waals surface area contributed by atoms with Gasteiger partial charge < -0.3 is 15.2 Å². The molecule has 102 valence electrons. The van der Waals surface area contributed by atoms with E-state index >= 15 is 0 Å². The molecule has 4 nitrogen and oxygen atoms in total. The number of hydrogen-bond acceptors (Lipinski definition) is 4. The summed E-state index contributed by atoms with van der Waals surface area (Å²) in [5, 5.41) is 0. The number of ether oxygens (including phenoxy) is 2. The Morgan fingerprint density at radius 2 is 2.12 bits per heavy atom. The van der Waals surface area contributed by atoms with Gasteiger partial charge in [0.25, 0.3) is 0 Å². The van der Waals surface area contributed by atoms with Crippen LogP contribution in [0, 0.1) is 0 Å². The van der Waals surface area contributed by atoms with E-state index in [0.29, 0.717) is 30.9 Å². The van der Waals surface area contributed by atoms with E-state index in [1.165, 1.54) is 0 Å². The third-order valence-electron chi connectivity index (χ3n) is 3.40. The zero-order valence-corrected chi connectivity index (χ0v) is 11.7. The first kappa shape index (κ1) is 14.9. The first-order valence-corrected chi connectivity index (χ1v) is 6.72. The second kappa shape index (κ2) is 7.31. The second-order valence-corrected chi connectivity index (χ2v) is 5.27. The third kappa shape index (κ3) is 4.92. The number of nitrogens with zero attached hydrogens (tertiary/aromatic N) is 1. The summed E-state index contributed by atoms with van der Waals surface area (Å²) in [5.74, 6) is 0. The standard InChI is InChI=1S/C13H28N2O2/c1-10(2)16-8-7-15(4)12(9-14)13-6-5-11(3)17-13/h10-13H,5-9,14H2,1-4H3. The number of rotatable bonds is 7. The van der Waals surface area contributed by atoms with Gasteiger partial charge in [0.1, 0.15) is 0 Å². The molecule has 0 radical (unpaired) electrons. The lowest BCUT2D eigenvalue weighted by Gasteiger charge is -2.31. The van der Waals surface area contributed by atoms with Gasteiger partial charge in [-0.15, -0.1) is 0 Å². The molecule has 3 unspecified atom stereocenters. The van der Waals surface area contributed by atoms with Crippen molar-refractivity contribution < 1.29 is 9.47 Å². The smallest absolute Gasteiger partial charge is 0.0747 e. The van der Waals surface area contributed by atoms with Crippen LogP contribution in [-0.2, 0) is 9.47 Å². The summed E-state index contributed by atoms with van der Waals surface area (Å²) in [6.07, 6.45) is 3.24.